The van der Waals surface area contributed by atoms with Gasteiger partial charge in [0.1, 0.15) is 5.76 Å². The van der Waals surface area contributed by atoms with Crippen molar-refractivity contribution in [3.05, 3.63) is 24.2 Å². The molecule has 4 nitrogen and oxygen atoms in total. The average molecular weight is 241 g/mol. The first-order valence-corrected chi connectivity index (χ1v) is 5.97. The first-order chi connectivity index (χ1) is 8.36. The highest BCUT2D eigenvalue weighted by Crippen LogP contribution is 1.99. The van der Waals surface area contributed by atoms with E-state index in [1.165, 1.54) is 0 Å². The van der Waals surface area contributed by atoms with Crippen LogP contribution in [-0.2, 0) is 6.42 Å². The Balaban J connectivity index is 2.25. The molecule has 0 aliphatic rings. The number of hydrogen-bond donors (Lipinski definition) is 2. The van der Waals surface area contributed by atoms with Crippen LogP contribution in [0.25, 0.3) is 0 Å². The van der Waals surface area contributed by atoms with Crippen molar-refractivity contribution >= 4 is 5.96 Å². The minimum atomic E-state index is -0.324. The second-order valence-electron chi connectivity index (χ2n) is 3.56. The van der Waals surface area contributed by atoms with E-state index in [9.17, 15) is 4.39 Å². The average Bonchev–Trinajstić information content (AvgIpc) is 2.82. The normalized spacial score (nSPS) is 11.5. The number of nitrogens with one attached hydrogen (secondary N) is 2. The second kappa shape index (κ2) is 8.61. The van der Waals surface area contributed by atoms with Crippen molar-refractivity contribution in [3.8, 4) is 0 Å². The van der Waals surface area contributed by atoms with Crippen molar-refractivity contribution in [2.24, 2.45) is 4.99 Å². The molecule has 0 bridgehead atoms. The Morgan fingerprint density at radius 3 is 3.00 bits per heavy atom. The summed E-state index contributed by atoms with van der Waals surface area (Å²) in [5.41, 5.74) is 0. The van der Waals surface area contributed by atoms with E-state index in [1.54, 1.807) is 6.26 Å². The smallest absolute Gasteiger partial charge is 0.191 e. The lowest BCUT2D eigenvalue weighted by Crippen LogP contribution is -2.38. The Morgan fingerprint density at radius 2 is 2.35 bits per heavy atom. The summed E-state index contributed by atoms with van der Waals surface area (Å²) >= 11 is 0. The fourth-order valence-corrected chi connectivity index (χ4v) is 1.35. The molecule has 0 unspecified atom stereocenters. The largest absolute Gasteiger partial charge is 0.469 e. The lowest BCUT2D eigenvalue weighted by molar-refractivity contribution is 0.477. The van der Waals surface area contributed by atoms with Gasteiger partial charge in [-0.15, -0.1) is 0 Å². The molecule has 17 heavy (non-hydrogen) atoms. The van der Waals surface area contributed by atoms with E-state index in [4.69, 9.17) is 4.42 Å². The van der Waals surface area contributed by atoms with Gasteiger partial charge in [-0.1, -0.05) is 0 Å². The molecule has 5 heteroatoms. The van der Waals surface area contributed by atoms with Crippen LogP contribution in [0.4, 0.5) is 4.39 Å². The topological polar surface area (TPSA) is 49.6 Å². The van der Waals surface area contributed by atoms with Crippen molar-refractivity contribution < 1.29 is 8.81 Å². The van der Waals surface area contributed by atoms with Gasteiger partial charge in [0.25, 0.3) is 0 Å². The third-order valence-corrected chi connectivity index (χ3v) is 2.15. The van der Waals surface area contributed by atoms with Crippen LogP contribution in [0.15, 0.2) is 27.8 Å². The van der Waals surface area contributed by atoms with Crippen molar-refractivity contribution in [2.45, 2.75) is 19.8 Å². The molecule has 0 amide bonds. The molecule has 0 spiro atoms. The molecule has 96 valence electrons. The van der Waals surface area contributed by atoms with E-state index in [1.807, 2.05) is 19.1 Å². The van der Waals surface area contributed by atoms with Crippen LogP contribution in [0, 0.1) is 0 Å². The van der Waals surface area contributed by atoms with Crippen molar-refractivity contribution in [1.82, 2.24) is 10.6 Å². The zero-order valence-electron chi connectivity index (χ0n) is 10.2. The molecule has 1 rings (SSSR count). The van der Waals surface area contributed by atoms with Crippen LogP contribution in [0.3, 0.4) is 0 Å². The lowest BCUT2D eigenvalue weighted by Gasteiger charge is -2.10. The van der Waals surface area contributed by atoms with E-state index < -0.39 is 0 Å². The highest BCUT2D eigenvalue weighted by atomic mass is 19.1. The van der Waals surface area contributed by atoms with Gasteiger partial charge in [0.2, 0.25) is 0 Å². The molecule has 2 N–H and O–H groups in total. The summed E-state index contributed by atoms with van der Waals surface area (Å²) in [7, 11) is 0. The van der Waals surface area contributed by atoms with E-state index in [2.05, 4.69) is 15.6 Å². The van der Waals surface area contributed by atoms with Crippen molar-refractivity contribution in [1.29, 1.82) is 0 Å². The molecule has 0 aliphatic carbocycles. The van der Waals surface area contributed by atoms with Gasteiger partial charge >= 0.3 is 0 Å². The second-order valence-corrected chi connectivity index (χ2v) is 3.56. The van der Waals surface area contributed by atoms with E-state index in [-0.39, 0.29) is 6.67 Å². The van der Waals surface area contributed by atoms with E-state index in [0.29, 0.717) is 13.0 Å². The Kier molecular flexibility index (Phi) is 6.86. The Morgan fingerprint density at radius 1 is 1.47 bits per heavy atom. The SMILES string of the molecule is CCNC(=NCCCF)NCCc1ccco1. The fraction of sp³-hybridized carbons (Fsp3) is 0.583. The van der Waals surface area contributed by atoms with Crippen molar-refractivity contribution in [3.63, 3.8) is 0 Å². The highest BCUT2D eigenvalue weighted by Gasteiger charge is 1.98. The summed E-state index contributed by atoms with van der Waals surface area (Å²) in [6.07, 6.45) is 2.94. The monoisotopic (exact) mass is 241 g/mol. The van der Waals surface area contributed by atoms with Crippen LogP contribution < -0.4 is 10.6 Å². The van der Waals surface area contributed by atoms with Crippen molar-refractivity contribution in [2.75, 3.05) is 26.3 Å². The van der Waals surface area contributed by atoms with Crippen LogP contribution in [0.2, 0.25) is 0 Å². The van der Waals surface area contributed by atoms with Gasteiger partial charge in [0.15, 0.2) is 5.96 Å². The van der Waals surface area contributed by atoms with E-state index >= 15 is 0 Å². The van der Waals surface area contributed by atoms with Crippen LogP contribution >= 0.6 is 0 Å². The van der Waals surface area contributed by atoms with Gasteiger partial charge in [-0.3, -0.25) is 9.38 Å². The van der Waals surface area contributed by atoms with E-state index in [0.717, 1.165) is 31.2 Å². The van der Waals surface area contributed by atoms with Crippen LogP contribution in [0.1, 0.15) is 19.1 Å². The summed E-state index contributed by atoms with van der Waals surface area (Å²) in [4.78, 5) is 4.25. The van der Waals surface area contributed by atoms with Crippen LogP contribution in [-0.4, -0.2) is 32.3 Å². The molecule has 0 radical (unpaired) electrons. The third kappa shape index (κ3) is 5.94. The number of furan rings is 1. The van der Waals surface area contributed by atoms with Gasteiger partial charge in [-0.2, -0.15) is 0 Å². The predicted octanol–water partition coefficient (Wildman–Crippen LogP) is 1.74. The number of guanidine groups is 1. The highest BCUT2D eigenvalue weighted by molar-refractivity contribution is 5.79. The fourth-order valence-electron chi connectivity index (χ4n) is 1.35. The third-order valence-electron chi connectivity index (χ3n) is 2.15. The predicted molar refractivity (Wildman–Crippen MR) is 67.0 cm³/mol. The molecular formula is C12H20FN3O. The minimum Gasteiger partial charge on any atom is -0.469 e. The number of rotatable bonds is 7. The zero-order valence-corrected chi connectivity index (χ0v) is 10.2. The quantitative estimate of drug-likeness (QED) is 0.434. The van der Waals surface area contributed by atoms with Gasteiger partial charge in [0, 0.05) is 26.1 Å². The molecule has 0 aromatic carbocycles. The number of nitrogens with zero attached hydrogens (tertiary/aromatic N) is 1. The number of hydrogen-bond acceptors (Lipinski definition) is 2. The maximum atomic E-state index is 11.9. The minimum absolute atomic E-state index is 0.324. The molecule has 0 fully saturated rings. The summed E-state index contributed by atoms with van der Waals surface area (Å²) in [6.45, 7) is 3.72. The Bertz CT molecular complexity index is 312. The number of alkyl halides is 1. The summed E-state index contributed by atoms with van der Waals surface area (Å²) in [5.74, 6) is 1.67. The zero-order chi connectivity index (χ0) is 12.3. The Hall–Kier alpha value is -1.52. The molecular weight excluding hydrogens is 221 g/mol. The molecule has 1 aromatic rings. The molecule has 0 saturated heterocycles. The molecule has 1 aromatic heterocycles. The number of halogens is 1. The lowest BCUT2D eigenvalue weighted by atomic mass is 10.3. The maximum Gasteiger partial charge on any atom is 0.191 e. The van der Waals surface area contributed by atoms with Gasteiger partial charge in [-0.25, -0.2) is 0 Å². The van der Waals surface area contributed by atoms with Gasteiger partial charge < -0.3 is 15.1 Å². The number of aliphatic imine (C=N–C) groups is 1. The van der Waals surface area contributed by atoms with Crippen LogP contribution in [0.5, 0.6) is 0 Å². The van der Waals surface area contributed by atoms with Gasteiger partial charge in [-0.05, 0) is 25.5 Å². The maximum absolute atomic E-state index is 11.9. The first-order valence-electron chi connectivity index (χ1n) is 5.97. The Labute approximate surface area is 101 Å². The first kappa shape index (κ1) is 13.5. The molecule has 0 aliphatic heterocycles. The molecule has 1 heterocycles. The molecule has 0 saturated carbocycles. The summed E-state index contributed by atoms with van der Waals surface area (Å²) in [6, 6.07) is 3.81. The van der Waals surface area contributed by atoms with Gasteiger partial charge in [0.05, 0.1) is 12.9 Å². The summed E-state index contributed by atoms with van der Waals surface area (Å²) < 4.78 is 17.2. The standard InChI is InChI=1S/C12H20FN3O/c1-2-14-12(15-8-4-7-13)16-9-6-11-5-3-10-17-11/h3,5,10H,2,4,6-9H2,1H3,(H2,14,15,16). The molecule has 0 atom stereocenters. The summed E-state index contributed by atoms with van der Waals surface area (Å²) in [5, 5.41) is 6.28.